The molecule has 18 heavy (non-hydrogen) atoms. The molecule has 2 atom stereocenters. The summed E-state index contributed by atoms with van der Waals surface area (Å²) in [7, 11) is 0. The first kappa shape index (κ1) is 12.6. The molecular weight excluding hydrogens is 234 g/mol. The topological polar surface area (TPSA) is 86.3 Å². The second-order valence-corrected chi connectivity index (χ2v) is 4.83. The van der Waals surface area contributed by atoms with Gasteiger partial charge in [0.25, 0.3) is 0 Å². The van der Waals surface area contributed by atoms with Gasteiger partial charge in [-0.25, -0.2) is 4.79 Å². The number of carbonyl (C=O) groups is 2. The van der Waals surface area contributed by atoms with Crippen LogP contribution >= 0.6 is 0 Å². The molecule has 0 aromatic carbocycles. The monoisotopic (exact) mass is 251 g/mol. The average Bonchev–Trinajstić information content (AvgIpc) is 2.81. The summed E-state index contributed by atoms with van der Waals surface area (Å²) in [4.78, 5) is 24.8. The summed E-state index contributed by atoms with van der Waals surface area (Å²) in [6.07, 6.45) is 3.15. The van der Waals surface area contributed by atoms with Crippen LogP contribution in [0.5, 0.6) is 0 Å². The Morgan fingerprint density at radius 1 is 1.61 bits per heavy atom. The zero-order chi connectivity index (χ0) is 13.1. The number of aromatic amines is 1. The molecule has 0 radical (unpaired) electrons. The number of aromatic nitrogens is 2. The lowest BCUT2D eigenvalue weighted by Gasteiger charge is -2.36. The Labute approximate surface area is 105 Å². The summed E-state index contributed by atoms with van der Waals surface area (Å²) in [5.41, 5.74) is 0.711. The number of nitrogens with zero attached hydrogens (tertiary/aromatic N) is 2. The summed E-state index contributed by atoms with van der Waals surface area (Å²) in [6, 6.07) is 1.03. The van der Waals surface area contributed by atoms with Crippen molar-refractivity contribution in [3.63, 3.8) is 0 Å². The van der Waals surface area contributed by atoms with Gasteiger partial charge >= 0.3 is 5.97 Å². The van der Waals surface area contributed by atoms with Crippen molar-refractivity contribution in [1.29, 1.82) is 0 Å². The van der Waals surface area contributed by atoms with E-state index in [-0.39, 0.29) is 12.3 Å². The molecule has 1 aliphatic rings. The van der Waals surface area contributed by atoms with E-state index >= 15 is 0 Å². The Balaban J connectivity index is 2.05. The molecule has 2 N–H and O–H groups in total. The molecular formula is C12H17N3O3. The minimum atomic E-state index is -0.917. The molecule has 2 unspecified atom stereocenters. The standard InChI is InChI=1S/C12H17N3O3/c1-8-3-5-15(10(6-8)12(17)18)11(16)7-9-2-4-13-14-9/h2,4,8,10H,3,5-7H2,1H3,(H,13,14)(H,17,18). The van der Waals surface area contributed by atoms with E-state index in [1.165, 1.54) is 4.90 Å². The average molecular weight is 251 g/mol. The number of amides is 1. The Morgan fingerprint density at radius 2 is 2.39 bits per heavy atom. The van der Waals surface area contributed by atoms with Crippen molar-refractivity contribution in [2.45, 2.75) is 32.2 Å². The van der Waals surface area contributed by atoms with Gasteiger partial charge in [-0.05, 0) is 24.8 Å². The van der Waals surface area contributed by atoms with Crippen LogP contribution in [-0.2, 0) is 16.0 Å². The lowest BCUT2D eigenvalue weighted by Crippen LogP contribution is -2.50. The summed E-state index contributed by atoms with van der Waals surface area (Å²) in [5.74, 6) is -0.722. The largest absolute Gasteiger partial charge is 0.480 e. The van der Waals surface area contributed by atoms with Crippen LogP contribution < -0.4 is 0 Å². The van der Waals surface area contributed by atoms with E-state index in [9.17, 15) is 14.7 Å². The molecule has 2 rings (SSSR count). The molecule has 0 aliphatic carbocycles. The van der Waals surface area contributed by atoms with Crippen LogP contribution in [0, 0.1) is 5.92 Å². The Hall–Kier alpha value is -1.85. The number of nitrogens with one attached hydrogen (secondary N) is 1. The Kier molecular flexibility index (Phi) is 3.64. The van der Waals surface area contributed by atoms with Crippen LogP contribution in [0.25, 0.3) is 0 Å². The third-order valence-corrected chi connectivity index (χ3v) is 3.37. The molecule has 1 aromatic heterocycles. The van der Waals surface area contributed by atoms with Crippen LogP contribution in [-0.4, -0.2) is 44.7 Å². The van der Waals surface area contributed by atoms with Crippen LogP contribution in [0.3, 0.4) is 0 Å². The number of hydrogen-bond donors (Lipinski definition) is 2. The number of hydrogen-bond acceptors (Lipinski definition) is 3. The number of likely N-dealkylation sites (tertiary alicyclic amines) is 1. The van der Waals surface area contributed by atoms with Gasteiger partial charge in [-0.15, -0.1) is 0 Å². The maximum absolute atomic E-state index is 12.1. The van der Waals surface area contributed by atoms with Gasteiger partial charge in [0.2, 0.25) is 5.91 Å². The number of rotatable bonds is 3. The lowest BCUT2D eigenvalue weighted by molar-refractivity contribution is -0.152. The van der Waals surface area contributed by atoms with Crippen molar-refractivity contribution < 1.29 is 14.7 Å². The highest BCUT2D eigenvalue weighted by Crippen LogP contribution is 2.23. The number of piperidine rings is 1. The first-order valence-electron chi connectivity index (χ1n) is 6.08. The Bertz CT molecular complexity index is 430. The molecule has 6 nitrogen and oxygen atoms in total. The minimum absolute atomic E-state index is 0.154. The minimum Gasteiger partial charge on any atom is -0.480 e. The van der Waals surface area contributed by atoms with Gasteiger partial charge < -0.3 is 10.0 Å². The molecule has 1 saturated heterocycles. The summed E-state index contributed by atoms with van der Waals surface area (Å²) in [5, 5.41) is 15.7. The fourth-order valence-corrected chi connectivity index (χ4v) is 2.32. The van der Waals surface area contributed by atoms with Crippen molar-refractivity contribution in [3.05, 3.63) is 18.0 Å². The van der Waals surface area contributed by atoms with E-state index in [1.54, 1.807) is 12.3 Å². The number of carboxylic acids is 1. The van der Waals surface area contributed by atoms with E-state index in [1.807, 2.05) is 6.92 Å². The molecule has 1 fully saturated rings. The molecule has 0 bridgehead atoms. The third kappa shape index (κ3) is 2.69. The van der Waals surface area contributed by atoms with Gasteiger partial charge in [-0.3, -0.25) is 9.89 Å². The van der Waals surface area contributed by atoms with Crippen molar-refractivity contribution in [1.82, 2.24) is 15.1 Å². The second-order valence-electron chi connectivity index (χ2n) is 4.83. The predicted octanol–water partition coefficient (Wildman–Crippen LogP) is 0.664. The molecule has 0 spiro atoms. The van der Waals surface area contributed by atoms with E-state index < -0.39 is 12.0 Å². The van der Waals surface area contributed by atoms with Gasteiger partial charge in [0.1, 0.15) is 6.04 Å². The number of carbonyl (C=O) groups excluding carboxylic acids is 1. The van der Waals surface area contributed by atoms with Crippen molar-refractivity contribution >= 4 is 11.9 Å². The van der Waals surface area contributed by atoms with E-state index in [0.717, 1.165) is 6.42 Å². The lowest BCUT2D eigenvalue weighted by atomic mass is 9.92. The number of carboxylic acid groups (broad SMARTS) is 1. The van der Waals surface area contributed by atoms with Crippen molar-refractivity contribution in [2.75, 3.05) is 6.54 Å². The molecule has 1 aliphatic heterocycles. The van der Waals surface area contributed by atoms with Gasteiger partial charge in [0, 0.05) is 18.4 Å². The first-order chi connectivity index (χ1) is 8.58. The number of H-pyrrole nitrogens is 1. The van der Waals surface area contributed by atoms with Crippen LogP contribution in [0.1, 0.15) is 25.5 Å². The molecule has 2 heterocycles. The Morgan fingerprint density at radius 3 is 3.00 bits per heavy atom. The van der Waals surface area contributed by atoms with Crippen LogP contribution in [0.2, 0.25) is 0 Å². The smallest absolute Gasteiger partial charge is 0.326 e. The molecule has 1 amide bonds. The van der Waals surface area contributed by atoms with Crippen LogP contribution in [0.4, 0.5) is 0 Å². The second kappa shape index (κ2) is 5.20. The molecule has 1 aromatic rings. The zero-order valence-electron chi connectivity index (χ0n) is 10.3. The maximum Gasteiger partial charge on any atom is 0.326 e. The quantitative estimate of drug-likeness (QED) is 0.826. The van der Waals surface area contributed by atoms with E-state index in [4.69, 9.17) is 0 Å². The van der Waals surface area contributed by atoms with Gasteiger partial charge in [0.05, 0.1) is 6.42 Å². The predicted molar refractivity (Wildman–Crippen MR) is 63.8 cm³/mol. The van der Waals surface area contributed by atoms with Crippen molar-refractivity contribution in [2.24, 2.45) is 5.92 Å². The van der Waals surface area contributed by atoms with Crippen molar-refractivity contribution in [3.8, 4) is 0 Å². The van der Waals surface area contributed by atoms with Gasteiger partial charge in [-0.1, -0.05) is 6.92 Å². The fraction of sp³-hybridized carbons (Fsp3) is 0.583. The third-order valence-electron chi connectivity index (χ3n) is 3.37. The molecule has 0 saturated carbocycles. The summed E-state index contributed by atoms with van der Waals surface area (Å²) >= 11 is 0. The SMILES string of the molecule is CC1CCN(C(=O)Cc2ccn[nH]2)C(C(=O)O)C1. The fourth-order valence-electron chi connectivity index (χ4n) is 2.32. The van der Waals surface area contributed by atoms with Gasteiger partial charge in [-0.2, -0.15) is 5.10 Å². The van der Waals surface area contributed by atoms with E-state index in [0.29, 0.717) is 24.6 Å². The number of aliphatic carboxylic acids is 1. The highest BCUT2D eigenvalue weighted by atomic mass is 16.4. The molecule has 6 heteroatoms. The highest BCUT2D eigenvalue weighted by Gasteiger charge is 2.34. The van der Waals surface area contributed by atoms with E-state index in [2.05, 4.69) is 10.2 Å². The highest BCUT2D eigenvalue weighted by molar-refractivity contribution is 5.85. The normalized spacial score (nSPS) is 23.9. The maximum atomic E-state index is 12.1. The molecule has 98 valence electrons. The summed E-state index contributed by atoms with van der Waals surface area (Å²) < 4.78 is 0. The summed E-state index contributed by atoms with van der Waals surface area (Å²) in [6.45, 7) is 2.54. The van der Waals surface area contributed by atoms with Gasteiger partial charge in [0.15, 0.2) is 0 Å². The van der Waals surface area contributed by atoms with Crippen LogP contribution in [0.15, 0.2) is 12.3 Å². The first-order valence-corrected chi connectivity index (χ1v) is 6.08. The zero-order valence-corrected chi connectivity index (χ0v) is 10.3.